The van der Waals surface area contributed by atoms with Gasteiger partial charge in [-0.3, -0.25) is 4.79 Å². The van der Waals surface area contributed by atoms with Crippen LogP contribution in [0.4, 0.5) is 15.9 Å². The second kappa shape index (κ2) is 10.8. The summed E-state index contributed by atoms with van der Waals surface area (Å²) >= 11 is 0. The van der Waals surface area contributed by atoms with E-state index >= 15 is 4.39 Å². The first-order chi connectivity index (χ1) is 18.1. The van der Waals surface area contributed by atoms with Crippen LogP contribution >= 0.6 is 0 Å². The van der Waals surface area contributed by atoms with E-state index in [2.05, 4.69) is 15.6 Å². The number of alkyl halides is 1. The van der Waals surface area contributed by atoms with Crippen molar-refractivity contribution >= 4 is 17.4 Å². The third-order valence-corrected chi connectivity index (χ3v) is 5.95. The molecule has 1 fully saturated rings. The number of carbonyl (C=O) groups excluding carboxylic acids is 1. The number of nitrogens with zero attached hydrogens (tertiary/aromatic N) is 5. The number of nitrogens with one attached hydrogen (secondary N) is 1. The number of aromatic nitrogens is 2. The molecule has 3 heterocycles. The number of benzene rings is 2. The molecular formula is C26H23FN6O4. The molecule has 0 aliphatic carbocycles. The van der Waals surface area contributed by atoms with Gasteiger partial charge in [0, 0.05) is 36.5 Å². The topological polar surface area (TPSA) is 121 Å². The Bertz CT molecular complexity index is 1380. The van der Waals surface area contributed by atoms with Gasteiger partial charge in [0.15, 0.2) is 24.5 Å². The van der Waals surface area contributed by atoms with Crippen molar-refractivity contribution in [2.24, 2.45) is 0 Å². The van der Waals surface area contributed by atoms with Crippen molar-refractivity contribution in [2.45, 2.75) is 12.8 Å². The fourth-order valence-corrected chi connectivity index (χ4v) is 4.06. The van der Waals surface area contributed by atoms with Crippen LogP contribution in [0.2, 0.25) is 0 Å². The average Bonchev–Trinajstić information content (AvgIpc) is 3.63. The summed E-state index contributed by atoms with van der Waals surface area (Å²) in [5.74, 6) is 1.19. The minimum absolute atomic E-state index is 0.0119. The molecule has 1 atom stereocenters. The zero-order valence-electron chi connectivity index (χ0n) is 19.7. The largest absolute Gasteiger partial charge is 0.484 e. The molecular weight excluding hydrogens is 479 g/mol. The summed E-state index contributed by atoms with van der Waals surface area (Å²) < 4.78 is 30.9. The third kappa shape index (κ3) is 5.54. The standard InChI is InChI=1S/C26H23FN6O4/c27-24-16-32(10-11-33(24)26(34)17-35-19-7-5-18(14-28)6-8-19)23-4-2-1-3-21(23)22-13-20(37-30-22)15-29-25-9-12-36-31-25/h1-9,12-13,24H,10-11,15-17H2,(H,29,31). The van der Waals surface area contributed by atoms with Gasteiger partial charge in [0.05, 0.1) is 24.7 Å². The lowest BCUT2D eigenvalue weighted by molar-refractivity contribution is -0.139. The molecule has 0 bridgehead atoms. The van der Waals surface area contributed by atoms with Gasteiger partial charge in [-0.25, -0.2) is 4.39 Å². The SMILES string of the molecule is N#Cc1ccc(OCC(=O)N2CCN(c3ccccc3-c3cc(CNc4ccon4)on3)CC2F)cc1. The molecule has 0 spiro atoms. The minimum Gasteiger partial charge on any atom is -0.484 e. The van der Waals surface area contributed by atoms with Gasteiger partial charge in [-0.2, -0.15) is 5.26 Å². The summed E-state index contributed by atoms with van der Waals surface area (Å²) in [6, 6.07) is 19.5. The fraction of sp³-hybridized carbons (Fsp3) is 0.231. The molecule has 5 rings (SSSR count). The van der Waals surface area contributed by atoms with Crippen molar-refractivity contribution in [3.8, 4) is 23.1 Å². The molecule has 2 aromatic carbocycles. The van der Waals surface area contributed by atoms with Crippen LogP contribution in [-0.2, 0) is 11.3 Å². The van der Waals surface area contributed by atoms with Crippen LogP contribution in [0.5, 0.6) is 5.75 Å². The molecule has 0 radical (unpaired) electrons. The molecule has 1 N–H and O–H groups in total. The predicted molar refractivity (Wildman–Crippen MR) is 131 cm³/mol. The molecule has 11 heteroatoms. The number of anilines is 2. The second-order valence-corrected chi connectivity index (χ2v) is 8.33. The first-order valence-electron chi connectivity index (χ1n) is 11.6. The highest BCUT2D eigenvalue weighted by atomic mass is 19.1. The second-order valence-electron chi connectivity index (χ2n) is 8.33. The number of carbonyl (C=O) groups is 1. The Balaban J connectivity index is 1.21. The monoisotopic (exact) mass is 502 g/mol. The Morgan fingerprint density at radius 1 is 1.16 bits per heavy atom. The predicted octanol–water partition coefficient (Wildman–Crippen LogP) is 3.84. The van der Waals surface area contributed by atoms with E-state index in [1.165, 1.54) is 11.2 Å². The maximum absolute atomic E-state index is 15.1. The smallest absolute Gasteiger partial charge is 0.262 e. The first-order valence-corrected chi connectivity index (χ1v) is 11.6. The van der Waals surface area contributed by atoms with E-state index in [-0.39, 0.29) is 19.7 Å². The van der Waals surface area contributed by atoms with E-state index in [1.54, 1.807) is 30.3 Å². The van der Waals surface area contributed by atoms with Crippen LogP contribution in [-0.4, -0.2) is 53.7 Å². The van der Waals surface area contributed by atoms with E-state index in [0.717, 1.165) is 11.3 Å². The van der Waals surface area contributed by atoms with Crippen LogP contribution in [0, 0.1) is 11.3 Å². The molecule has 1 aliphatic heterocycles. The van der Waals surface area contributed by atoms with Crippen molar-refractivity contribution < 1.29 is 23.0 Å². The molecule has 1 unspecified atom stereocenters. The van der Waals surface area contributed by atoms with E-state index in [4.69, 9.17) is 19.0 Å². The number of amides is 1. The molecule has 10 nitrogen and oxygen atoms in total. The zero-order valence-corrected chi connectivity index (χ0v) is 19.7. The summed E-state index contributed by atoms with van der Waals surface area (Å²) in [5, 5.41) is 19.9. The van der Waals surface area contributed by atoms with Crippen molar-refractivity contribution in [1.29, 1.82) is 5.26 Å². The van der Waals surface area contributed by atoms with E-state index in [0.29, 0.717) is 41.7 Å². The van der Waals surface area contributed by atoms with Gasteiger partial charge in [-0.15, -0.1) is 0 Å². The molecule has 0 saturated carbocycles. The number of ether oxygens (including phenoxy) is 1. The maximum Gasteiger partial charge on any atom is 0.262 e. The van der Waals surface area contributed by atoms with E-state index in [1.807, 2.05) is 41.3 Å². The van der Waals surface area contributed by atoms with Gasteiger partial charge in [-0.1, -0.05) is 28.5 Å². The Hall–Kier alpha value is -4.85. The van der Waals surface area contributed by atoms with Crippen molar-refractivity contribution in [1.82, 2.24) is 15.2 Å². The Morgan fingerprint density at radius 3 is 2.76 bits per heavy atom. The highest BCUT2D eigenvalue weighted by Gasteiger charge is 2.31. The number of nitriles is 1. The molecule has 1 aliphatic rings. The number of para-hydroxylation sites is 1. The summed E-state index contributed by atoms with van der Waals surface area (Å²) in [6.45, 7) is 0.750. The summed E-state index contributed by atoms with van der Waals surface area (Å²) in [5.41, 5.74) is 2.71. The zero-order chi connectivity index (χ0) is 25.6. The minimum atomic E-state index is -1.50. The van der Waals surface area contributed by atoms with Gasteiger partial charge in [0.25, 0.3) is 5.91 Å². The molecule has 1 saturated heterocycles. The van der Waals surface area contributed by atoms with Crippen LogP contribution < -0.4 is 15.0 Å². The first kappa shape index (κ1) is 23.9. The van der Waals surface area contributed by atoms with Crippen molar-refractivity contribution in [3.05, 3.63) is 78.3 Å². The maximum atomic E-state index is 15.1. The Kier molecular flexibility index (Phi) is 6.98. The average molecular weight is 503 g/mol. The van der Waals surface area contributed by atoms with Crippen LogP contribution in [0.1, 0.15) is 11.3 Å². The summed E-state index contributed by atoms with van der Waals surface area (Å²) in [7, 11) is 0. The van der Waals surface area contributed by atoms with Crippen LogP contribution in [0.15, 0.2) is 76.0 Å². The number of hydrogen-bond donors (Lipinski definition) is 1. The lowest BCUT2D eigenvalue weighted by Crippen LogP contribution is -2.54. The third-order valence-electron chi connectivity index (χ3n) is 5.95. The number of hydrogen-bond acceptors (Lipinski definition) is 9. The summed E-state index contributed by atoms with van der Waals surface area (Å²) in [6.07, 6.45) is -0.0310. The van der Waals surface area contributed by atoms with Crippen molar-refractivity contribution in [3.63, 3.8) is 0 Å². The number of piperazine rings is 1. The van der Waals surface area contributed by atoms with Gasteiger partial charge in [0.1, 0.15) is 17.7 Å². The van der Waals surface area contributed by atoms with E-state index in [9.17, 15) is 4.79 Å². The highest BCUT2D eigenvalue weighted by molar-refractivity contribution is 5.79. The molecule has 1 amide bonds. The van der Waals surface area contributed by atoms with Gasteiger partial charge >= 0.3 is 0 Å². The lowest BCUT2D eigenvalue weighted by Gasteiger charge is -2.39. The number of halogens is 1. The van der Waals surface area contributed by atoms with Gasteiger partial charge < -0.3 is 28.9 Å². The lowest BCUT2D eigenvalue weighted by atomic mass is 10.1. The Labute approximate surface area is 211 Å². The van der Waals surface area contributed by atoms with Crippen molar-refractivity contribution in [2.75, 3.05) is 36.5 Å². The molecule has 2 aromatic heterocycles. The quantitative estimate of drug-likeness (QED) is 0.358. The normalized spacial score (nSPS) is 15.3. The highest BCUT2D eigenvalue weighted by Crippen LogP contribution is 2.32. The van der Waals surface area contributed by atoms with Crippen LogP contribution in [0.3, 0.4) is 0 Å². The summed E-state index contributed by atoms with van der Waals surface area (Å²) in [4.78, 5) is 15.7. The fourth-order valence-electron chi connectivity index (χ4n) is 4.06. The molecule has 37 heavy (non-hydrogen) atoms. The van der Waals surface area contributed by atoms with E-state index < -0.39 is 12.2 Å². The molecule has 4 aromatic rings. The van der Waals surface area contributed by atoms with Crippen LogP contribution in [0.25, 0.3) is 11.3 Å². The Morgan fingerprint density at radius 2 is 2.00 bits per heavy atom. The number of rotatable bonds is 8. The van der Waals surface area contributed by atoms with Gasteiger partial charge in [0.2, 0.25) is 0 Å². The van der Waals surface area contributed by atoms with Gasteiger partial charge in [-0.05, 0) is 30.3 Å². The molecule has 188 valence electrons.